The summed E-state index contributed by atoms with van der Waals surface area (Å²) in [5.41, 5.74) is 0.773. The van der Waals surface area contributed by atoms with Gasteiger partial charge in [-0.05, 0) is 34.4 Å². The second-order valence-electron chi connectivity index (χ2n) is 4.70. The Labute approximate surface area is 104 Å². The predicted octanol–water partition coefficient (Wildman–Crippen LogP) is 1.59. The van der Waals surface area contributed by atoms with Crippen molar-refractivity contribution >= 4 is 23.1 Å². The highest BCUT2D eigenvalue weighted by atomic mass is 35.5. The van der Waals surface area contributed by atoms with Crippen molar-refractivity contribution in [2.75, 3.05) is 17.7 Å². The first-order chi connectivity index (χ1) is 8.11. The molecule has 17 heavy (non-hydrogen) atoms. The zero-order valence-electron chi connectivity index (χ0n) is 9.89. The molecule has 0 bridgehead atoms. The summed E-state index contributed by atoms with van der Waals surface area (Å²) in [4.78, 5) is 0. The van der Waals surface area contributed by atoms with E-state index >= 15 is 0 Å². The summed E-state index contributed by atoms with van der Waals surface area (Å²) < 4.78 is 1.40. The Kier molecular flexibility index (Phi) is 3.42. The van der Waals surface area contributed by atoms with E-state index in [0.717, 1.165) is 18.8 Å². The van der Waals surface area contributed by atoms with Gasteiger partial charge in [0, 0.05) is 12.4 Å². The predicted molar refractivity (Wildman–Crippen MR) is 66.2 cm³/mol. The molecule has 6 nitrogen and oxygen atoms in total. The number of hydrogen-bond acceptors (Lipinski definition) is 5. The minimum absolute atomic E-state index is 0.138. The molecule has 0 aliphatic heterocycles. The minimum atomic E-state index is 0.138. The van der Waals surface area contributed by atoms with Gasteiger partial charge in [0.1, 0.15) is 5.82 Å². The van der Waals surface area contributed by atoms with Crippen molar-refractivity contribution in [1.29, 1.82) is 0 Å². The summed E-state index contributed by atoms with van der Waals surface area (Å²) in [5.74, 6) is 1.42. The van der Waals surface area contributed by atoms with Gasteiger partial charge in [-0.1, -0.05) is 13.8 Å². The molecule has 1 N–H and O–H groups in total. The van der Waals surface area contributed by atoms with E-state index in [4.69, 9.17) is 11.6 Å². The molecule has 0 saturated heterocycles. The SMILES string of the molecule is CC(C)(CCCl)CNc1ccc2nnnn2n1. The van der Waals surface area contributed by atoms with Gasteiger partial charge in [0.25, 0.3) is 0 Å². The fraction of sp³-hybridized carbons (Fsp3) is 0.600. The zero-order chi connectivity index (χ0) is 12.3. The van der Waals surface area contributed by atoms with Crippen LogP contribution in [0.15, 0.2) is 12.1 Å². The molecule has 0 aliphatic rings. The van der Waals surface area contributed by atoms with E-state index in [0.29, 0.717) is 11.5 Å². The average molecular weight is 255 g/mol. The van der Waals surface area contributed by atoms with Crippen LogP contribution >= 0.6 is 11.6 Å². The van der Waals surface area contributed by atoms with Crippen molar-refractivity contribution < 1.29 is 0 Å². The molecule has 0 radical (unpaired) electrons. The van der Waals surface area contributed by atoms with Gasteiger partial charge in [0.2, 0.25) is 0 Å². The average Bonchev–Trinajstić information content (AvgIpc) is 2.73. The summed E-state index contributed by atoms with van der Waals surface area (Å²) in [6.45, 7) is 5.14. The van der Waals surface area contributed by atoms with Gasteiger partial charge >= 0.3 is 0 Å². The monoisotopic (exact) mass is 254 g/mol. The fourth-order valence-corrected chi connectivity index (χ4v) is 1.93. The maximum atomic E-state index is 5.76. The Hall–Kier alpha value is -1.43. The van der Waals surface area contributed by atoms with Crippen LogP contribution in [0.25, 0.3) is 5.65 Å². The first kappa shape index (κ1) is 12.0. The molecule has 2 aromatic heterocycles. The Bertz CT molecular complexity index is 494. The van der Waals surface area contributed by atoms with E-state index in [1.54, 1.807) is 0 Å². The zero-order valence-corrected chi connectivity index (χ0v) is 10.6. The number of alkyl halides is 1. The first-order valence-electron chi connectivity index (χ1n) is 5.46. The Balaban J connectivity index is 2.03. The lowest BCUT2D eigenvalue weighted by molar-refractivity contribution is 0.378. The van der Waals surface area contributed by atoms with Gasteiger partial charge in [-0.2, -0.15) is 0 Å². The number of hydrogen-bond donors (Lipinski definition) is 1. The molecule has 2 rings (SSSR count). The summed E-state index contributed by atoms with van der Waals surface area (Å²) in [7, 11) is 0. The standard InChI is InChI=1S/C10H15ClN6/c1-10(2,5-6-11)7-12-8-3-4-9-13-15-16-17(9)14-8/h3-4H,5-7H2,1-2H3,(H,12,14). The van der Waals surface area contributed by atoms with Crippen LogP contribution in [0.3, 0.4) is 0 Å². The third-order valence-corrected chi connectivity index (χ3v) is 2.78. The first-order valence-corrected chi connectivity index (χ1v) is 5.99. The van der Waals surface area contributed by atoms with Crippen LogP contribution < -0.4 is 5.32 Å². The molecular formula is C10H15ClN6. The fourth-order valence-electron chi connectivity index (χ4n) is 1.42. The number of nitrogens with one attached hydrogen (secondary N) is 1. The number of halogens is 1. The van der Waals surface area contributed by atoms with Crippen LogP contribution in [0.2, 0.25) is 0 Å². The molecule has 0 atom stereocenters. The maximum Gasteiger partial charge on any atom is 0.200 e. The maximum absolute atomic E-state index is 5.76. The molecule has 0 amide bonds. The number of nitrogens with zero attached hydrogens (tertiary/aromatic N) is 5. The highest BCUT2D eigenvalue weighted by molar-refractivity contribution is 6.17. The third kappa shape index (κ3) is 3.03. The van der Waals surface area contributed by atoms with E-state index in [-0.39, 0.29) is 5.41 Å². The molecular weight excluding hydrogens is 240 g/mol. The summed E-state index contributed by atoms with van der Waals surface area (Å²) in [6, 6.07) is 3.69. The van der Waals surface area contributed by atoms with Crippen molar-refractivity contribution in [3.05, 3.63) is 12.1 Å². The van der Waals surface area contributed by atoms with Crippen molar-refractivity contribution in [2.24, 2.45) is 5.41 Å². The molecule has 0 saturated carbocycles. The van der Waals surface area contributed by atoms with E-state index in [9.17, 15) is 0 Å². The van der Waals surface area contributed by atoms with Crippen LogP contribution in [-0.2, 0) is 0 Å². The molecule has 2 heterocycles. The molecule has 0 spiro atoms. The Morgan fingerprint density at radius 1 is 1.41 bits per heavy atom. The lowest BCUT2D eigenvalue weighted by Crippen LogP contribution is -2.24. The Morgan fingerprint density at radius 2 is 2.24 bits per heavy atom. The van der Waals surface area contributed by atoms with Crippen LogP contribution in [-0.4, -0.2) is 37.7 Å². The molecule has 92 valence electrons. The second kappa shape index (κ2) is 4.83. The van der Waals surface area contributed by atoms with E-state index in [1.807, 2.05) is 12.1 Å². The molecule has 0 aromatic carbocycles. The molecule has 2 aromatic rings. The van der Waals surface area contributed by atoms with Gasteiger partial charge in [-0.15, -0.1) is 26.4 Å². The highest BCUT2D eigenvalue weighted by Gasteiger charge is 2.16. The number of fused-ring (bicyclic) bond motifs is 1. The van der Waals surface area contributed by atoms with Gasteiger partial charge < -0.3 is 5.32 Å². The highest BCUT2D eigenvalue weighted by Crippen LogP contribution is 2.21. The van der Waals surface area contributed by atoms with Crippen LogP contribution in [0.1, 0.15) is 20.3 Å². The number of anilines is 1. The normalized spacial score (nSPS) is 11.9. The van der Waals surface area contributed by atoms with Crippen LogP contribution in [0.4, 0.5) is 5.82 Å². The van der Waals surface area contributed by atoms with E-state index in [2.05, 4.69) is 39.8 Å². The summed E-state index contributed by atoms with van der Waals surface area (Å²) in [6.07, 6.45) is 0.953. The third-order valence-electron chi connectivity index (χ3n) is 2.59. The summed E-state index contributed by atoms with van der Waals surface area (Å²) in [5, 5.41) is 18.6. The topological polar surface area (TPSA) is 68.0 Å². The Morgan fingerprint density at radius 3 is 3.00 bits per heavy atom. The minimum Gasteiger partial charge on any atom is -0.368 e. The number of tetrazole rings is 1. The van der Waals surface area contributed by atoms with E-state index < -0.39 is 0 Å². The molecule has 7 heteroatoms. The van der Waals surface area contributed by atoms with Crippen molar-refractivity contribution in [3.63, 3.8) is 0 Å². The van der Waals surface area contributed by atoms with Gasteiger partial charge in [-0.3, -0.25) is 0 Å². The number of rotatable bonds is 5. The van der Waals surface area contributed by atoms with Gasteiger partial charge in [0.15, 0.2) is 5.65 Å². The summed E-state index contributed by atoms with van der Waals surface area (Å²) >= 11 is 5.76. The van der Waals surface area contributed by atoms with Gasteiger partial charge in [-0.25, -0.2) is 0 Å². The van der Waals surface area contributed by atoms with Crippen LogP contribution in [0.5, 0.6) is 0 Å². The van der Waals surface area contributed by atoms with E-state index in [1.165, 1.54) is 4.63 Å². The lowest BCUT2D eigenvalue weighted by atomic mass is 9.90. The second-order valence-corrected chi connectivity index (χ2v) is 5.08. The lowest BCUT2D eigenvalue weighted by Gasteiger charge is -2.23. The smallest absolute Gasteiger partial charge is 0.200 e. The molecule has 0 unspecified atom stereocenters. The van der Waals surface area contributed by atoms with Crippen molar-refractivity contribution in [2.45, 2.75) is 20.3 Å². The van der Waals surface area contributed by atoms with Crippen LogP contribution in [0, 0.1) is 5.41 Å². The quantitative estimate of drug-likeness (QED) is 0.821. The molecule has 0 aliphatic carbocycles. The van der Waals surface area contributed by atoms with Crippen molar-refractivity contribution in [1.82, 2.24) is 25.3 Å². The molecule has 0 fully saturated rings. The number of aromatic nitrogens is 5. The van der Waals surface area contributed by atoms with Crippen molar-refractivity contribution in [3.8, 4) is 0 Å². The largest absolute Gasteiger partial charge is 0.368 e. The van der Waals surface area contributed by atoms with Gasteiger partial charge in [0.05, 0.1) is 0 Å².